The number of furan rings is 1. The van der Waals surface area contributed by atoms with Crippen LogP contribution >= 0.6 is 0 Å². The lowest BCUT2D eigenvalue weighted by molar-refractivity contribution is 0.0932. The molecule has 104 valence electrons. The minimum Gasteiger partial charge on any atom is -0.497 e. The van der Waals surface area contributed by atoms with Gasteiger partial charge in [0.25, 0.3) is 5.91 Å². The van der Waals surface area contributed by atoms with Gasteiger partial charge in [0, 0.05) is 17.5 Å². The number of rotatable bonds is 3. The number of hydrogen-bond acceptors (Lipinski definition) is 3. The van der Waals surface area contributed by atoms with E-state index in [0.29, 0.717) is 5.56 Å². The molecule has 1 aliphatic rings. The molecular weight excluding hydrogens is 254 g/mol. The van der Waals surface area contributed by atoms with E-state index in [4.69, 9.17) is 9.15 Å². The van der Waals surface area contributed by atoms with Crippen molar-refractivity contribution in [3.05, 3.63) is 53.5 Å². The lowest BCUT2D eigenvalue weighted by Gasteiger charge is -2.22. The highest BCUT2D eigenvalue weighted by atomic mass is 16.5. The number of hydrogen-bond donors (Lipinski definition) is 1. The predicted molar refractivity (Wildman–Crippen MR) is 74.8 cm³/mol. The van der Waals surface area contributed by atoms with E-state index in [1.807, 2.05) is 6.07 Å². The fraction of sp³-hybridized carbons (Fsp3) is 0.312. The lowest BCUT2D eigenvalue weighted by atomic mass is 9.93. The van der Waals surface area contributed by atoms with Crippen LogP contribution in [-0.4, -0.2) is 13.0 Å². The standard InChI is InChI=1S/C16H17NO3/c1-19-12-7-5-11(6-8-12)16(18)17-14-3-2-4-15-13(14)9-10-20-15/h5-10,14H,2-4H2,1H3,(H,17,18). The molecule has 1 unspecified atom stereocenters. The molecule has 0 fully saturated rings. The number of fused-ring (bicyclic) bond motifs is 1. The Labute approximate surface area is 117 Å². The molecule has 1 heterocycles. The first-order valence-corrected chi connectivity index (χ1v) is 6.79. The highest BCUT2D eigenvalue weighted by molar-refractivity contribution is 5.94. The van der Waals surface area contributed by atoms with Gasteiger partial charge in [-0.2, -0.15) is 0 Å². The number of methoxy groups -OCH3 is 1. The minimum atomic E-state index is -0.0632. The van der Waals surface area contributed by atoms with Gasteiger partial charge >= 0.3 is 0 Å². The fourth-order valence-corrected chi connectivity index (χ4v) is 2.62. The Kier molecular flexibility index (Phi) is 3.46. The average Bonchev–Trinajstić information content (AvgIpc) is 2.97. The predicted octanol–water partition coefficient (Wildman–Crippen LogP) is 3.10. The summed E-state index contributed by atoms with van der Waals surface area (Å²) in [5.41, 5.74) is 1.75. The van der Waals surface area contributed by atoms with Crippen molar-refractivity contribution in [2.45, 2.75) is 25.3 Å². The third-order valence-corrected chi connectivity index (χ3v) is 3.71. The van der Waals surface area contributed by atoms with Crippen LogP contribution in [0.25, 0.3) is 0 Å². The number of ether oxygens (including phenoxy) is 1. The molecule has 0 radical (unpaired) electrons. The summed E-state index contributed by atoms with van der Waals surface area (Å²) in [7, 11) is 1.61. The first kappa shape index (κ1) is 12.8. The van der Waals surface area contributed by atoms with Gasteiger partial charge in [-0.15, -0.1) is 0 Å². The van der Waals surface area contributed by atoms with Crippen molar-refractivity contribution in [2.24, 2.45) is 0 Å². The zero-order chi connectivity index (χ0) is 13.9. The van der Waals surface area contributed by atoms with Gasteiger partial charge < -0.3 is 14.5 Å². The van der Waals surface area contributed by atoms with Gasteiger partial charge in [0.1, 0.15) is 11.5 Å². The lowest BCUT2D eigenvalue weighted by Crippen LogP contribution is -2.30. The highest BCUT2D eigenvalue weighted by Crippen LogP contribution is 2.30. The SMILES string of the molecule is COc1ccc(C(=O)NC2CCCc3occc32)cc1. The molecular formula is C16H17NO3. The van der Waals surface area contributed by atoms with E-state index in [9.17, 15) is 4.79 Å². The quantitative estimate of drug-likeness (QED) is 0.933. The zero-order valence-electron chi connectivity index (χ0n) is 11.4. The largest absolute Gasteiger partial charge is 0.497 e. The minimum absolute atomic E-state index is 0.0482. The van der Waals surface area contributed by atoms with Gasteiger partial charge in [0.15, 0.2) is 0 Å². The van der Waals surface area contributed by atoms with Crippen molar-refractivity contribution in [1.29, 1.82) is 0 Å². The van der Waals surface area contributed by atoms with Crippen molar-refractivity contribution in [3.8, 4) is 5.75 Å². The number of amides is 1. The van der Waals surface area contributed by atoms with E-state index < -0.39 is 0 Å². The van der Waals surface area contributed by atoms with Crippen LogP contribution < -0.4 is 10.1 Å². The summed E-state index contributed by atoms with van der Waals surface area (Å²) < 4.78 is 10.5. The Hall–Kier alpha value is -2.23. The second-order valence-corrected chi connectivity index (χ2v) is 4.95. The summed E-state index contributed by atoms with van der Waals surface area (Å²) in [5.74, 6) is 1.68. The summed E-state index contributed by atoms with van der Waals surface area (Å²) in [6.45, 7) is 0. The third-order valence-electron chi connectivity index (χ3n) is 3.71. The number of benzene rings is 1. The van der Waals surface area contributed by atoms with Gasteiger partial charge in [0.05, 0.1) is 19.4 Å². The van der Waals surface area contributed by atoms with Crippen LogP contribution in [0.1, 0.15) is 40.6 Å². The van der Waals surface area contributed by atoms with E-state index in [0.717, 1.165) is 36.3 Å². The summed E-state index contributed by atoms with van der Waals surface area (Å²) in [4.78, 5) is 12.3. The van der Waals surface area contributed by atoms with E-state index in [2.05, 4.69) is 5.32 Å². The molecule has 4 heteroatoms. The van der Waals surface area contributed by atoms with Gasteiger partial charge in [-0.3, -0.25) is 4.79 Å². The van der Waals surface area contributed by atoms with Crippen molar-refractivity contribution in [3.63, 3.8) is 0 Å². The molecule has 0 aliphatic heterocycles. The number of nitrogens with one attached hydrogen (secondary N) is 1. The van der Waals surface area contributed by atoms with Crippen LogP contribution in [0.5, 0.6) is 5.75 Å². The third kappa shape index (κ3) is 2.41. The molecule has 4 nitrogen and oxygen atoms in total. The molecule has 1 aliphatic carbocycles. The van der Waals surface area contributed by atoms with Gasteiger partial charge in [-0.25, -0.2) is 0 Å². The Morgan fingerprint density at radius 2 is 2.10 bits per heavy atom. The van der Waals surface area contributed by atoms with Crippen LogP contribution in [0.3, 0.4) is 0 Å². The molecule has 1 N–H and O–H groups in total. The monoisotopic (exact) mass is 271 g/mol. The maximum atomic E-state index is 12.3. The number of carbonyl (C=O) groups is 1. The second kappa shape index (κ2) is 5.41. The molecule has 1 atom stereocenters. The first-order chi connectivity index (χ1) is 9.78. The van der Waals surface area contributed by atoms with Crippen LogP contribution in [0.4, 0.5) is 0 Å². The molecule has 20 heavy (non-hydrogen) atoms. The van der Waals surface area contributed by atoms with Crippen molar-refractivity contribution in [1.82, 2.24) is 5.32 Å². The smallest absolute Gasteiger partial charge is 0.251 e. The molecule has 0 bridgehead atoms. The molecule has 1 aromatic carbocycles. The summed E-state index contributed by atoms with van der Waals surface area (Å²) in [6.07, 6.45) is 4.64. The van der Waals surface area contributed by atoms with Crippen LogP contribution in [0.2, 0.25) is 0 Å². The molecule has 1 amide bonds. The van der Waals surface area contributed by atoms with Gasteiger partial charge in [0.2, 0.25) is 0 Å². The van der Waals surface area contributed by atoms with Gasteiger partial charge in [-0.1, -0.05) is 0 Å². The van der Waals surface area contributed by atoms with Crippen molar-refractivity contribution < 1.29 is 13.9 Å². The molecule has 0 spiro atoms. The molecule has 2 aromatic rings. The number of aryl methyl sites for hydroxylation is 1. The summed E-state index contributed by atoms with van der Waals surface area (Å²) >= 11 is 0. The van der Waals surface area contributed by atoms with Crippen LogP contribution in [0.15, 0.2) is 41.0 Å². The number of carbonyl (C=O) groups excluding carboxylic acids is 1. The summed E-state index contributed by atoms with van der Waals surface area (Å²) in [6, 6.07) is 9.12. The Morgan fingerprint density at radius 1 is 1.30 bits per heavy atom. The summed E-state index contributed by atoms with van der Waals surface area (Å²) in [5, 5.41) is 3.08. The van der Waals surface area contributed by atoms with Crippen molar-refractivity contribution >= 4 is 5.91 Å². The van der Waals surface area contributed by atoms with Crippen LogP contribution in [0, 0.1) is 0 Å². The fourth-order valence-electron chi connectivity index (χ4n) is 2.62. The first-order valence-electron chi connectivity index (χ1n) is 6.79. The topological polar surface area (TPSA) is 51.5 Å². The Bertz CT molecular complexity index is 600. The maximum absolute atomic E-state index is 12.3. The van der Waals surface area contributed by atoms with Crippen molar-refractivity contribution in [2.75, 3.05) is 7.11 Å². The Balaban J connectivity index is 1.73. The van der Waals surface area contributed by atoms with Gasteiger partial charge in [-0.05, 0) is 43.2 Å². The van der Waals surface area contributed by atoms with E-state index in [1.54, 1.807) is 37.6 Å². The van der Waals surface area contributed by atoms with E-state index in [-0.39, 0.29) is 11.9 Å². The maximum Gasteiger partial charge on any atom is 0.251 e. The molecule has 0 saturated carbocycles. The van der Waals surface area contributed by atoms with Crippen LogP contribution in [-0.2, 0) is 6.42 Å². The molecule has 3 rings (SSSR count). The normalized spacial score (nSPS) is 17.4. The Morgan fingerprint density at radius 3 is 2.85 bits per heavy atom. The molecule has 1 aromatic heterocycles. The zero-order valence-corrected chi connectivity index (χ0v) is 11.4. The molecule has 0 saturated heterocycles. The second-order valence-electron chi connectivity index (χ2n) is 4.95. The van der Waals surface area contributed by atoms with E-state index in [1.165, 1.54) is 0 Å². The highest BCUT2D eigenvalue weighted by Gasteiger charge is 2.24. The van der Waals surface area contributed by atoms with E-state index >= 15 is 0 Å². The average molecular weight is 271 g/mol.